The number of benzene rings is 2. The topological polar surface area (TPSA) is 194 Å². The lowest BCUT2D eigenvalue weighted by Gasteiger charge is -2.32. The molecule has 1 aliphatic rings. The van der Waals surface area contributed by atoms with Crippen molar-refractivity contribution in [2.45, 2.75) is 30.0 Å². The number of piperidine rings is 1. The highest BCUT2D eigenvalue weighted by Crippen LogP contribution is 2.27. The highest BCUT2D eigenvalue weighted by atomic mass is 35.5. The van der Waals surface area contributed by atoms with Crippen molar-refractivity contribution < 1.29 is 45.9 Å². The van der Waals surface area contributed by atoms with Crippen LogP contribution in [0.5, 0.6) is 0 Å². The molecule has 0 radical (unpaired) electrons. The van der Waals surface area contributed by atoms with Crippen LogP contribution in [0.3, 0.4) is 0 Å². The average Bonchev–Trinajstić information content (AvgIpc) is 3.49. The number of hydrogen-bond donors (Lipinski definition) is 5. The van der Waals surface area contributed by atoms with Gasteiger partial charge >= 0.3 is 12.1 Å². The number of anilines is 2. The lowest BCUT2D eigenvalue weighted by Crippen LogP contribution is -2.49. The van der Waals surface area contributed by atoms with Gasteiger partial charge in [0.05, 0.1) is 32.4 Å². The standard InChI is InChI=1S/C28H31Cl2N7O5S.C2HF3O2/c1-36(2)13-6-12-24(38)32-18-7-3-9-20(15-18)43(41,42)37-14-5-8-19(17-37)33-28(40)26-23(16-31-35-26)34-27(39)25-21(29)10-4-11-22(25)30;3-2(4,5)1(6)7/h3-4,6-7,9-12,15-16,19H,5,8,13-14,17H2,1-2H3,(H,31,35)(H,32,38)(H,33,40)(H,34,39);(H,6,7)/b12-6+;/t19-;/m1./s1. The summed E-state index contributed by atoms with van der Waals surface area (Å²) in [6.07, 6.45) is 0.334. The number of halogens is 5. The number of likely N-dealkylation sites (N-methyl/N-ethyl adjacent to an activating group) is 1. The van der Waals surface area contributed by atoms with E-state index in [0.29, 0.717) is 25.1 Å². The molecule has 14 nitrogen and oxygen atoms in total. The number of aromatic amines is 1. The van der Waals surface area contributed by atoms with Crippen LogP contribution in [-0.4, -0.2) is 103 Å². The molecule has 0 unspecified atom stereocenters. The zero-order valence-corrected chi connectivity index (χ0v) is 28.8. The van der Waals surface area contributed by atoms with Gasteiger partial charge in [0.15, 0.2) is 0 Å². The minimum absolute atomic E-state index is 0.0143. The molecule has 2 aromatic carbocycles. The van der Waals surface area contributed by atoms with Crippen molar-refractivity contribution in [1.82, 2.24) is 24.7 Å². The van der Waals surface area contributed by atoms with Crippen LogP contribution in [0.25, 0.3) is 0 Å². The molecule has 50 heavy (non-hydrogen) atoms. The third kappa shape index (κ3) is 11.3. The largest absolute Gasteiger partial charge is 0.490 e. The summed E-state index contributed by atoms with van der Waals surface area (Å²) in [7, 11) is -0.177. The molecule has 4 rings (SSSR count). The summed E-state index contributed by atoms with van der Waals surface area (Å²) in [5.74, 6) is -4.33. The van der Waals surface area contributed by atoms with Crippen LogP contribution in [-0.2, 0) is 19.6 Å². The van der Waals surface area contributed by atoms with Gasteiger partial charge in [-0.1, -0.05) is 41.4 Å². The van der Waals surface area contributed by atoms with Crippen LogP contribution in [0.4, 0.5) is 24.5 Å². The Bertz CT molecular complexity index is 1830. The number of carbonyl (C=O) groups excluding carboxylic acids is 3. The van der Waals surface area contributed by atoms with Crippen LogP contribution < -0.4 is 16.0 Å². The van der Waals surface area contributed by atoms with Gasteiger partial charge in [-0.2, -0.15) is 22.6 Å². The summed E-state index contributed by atoms with van der Waals surface area (Å²) in [6, 6.07) is 10.2. The first-order valence-electron chi connectivity index (χ1n) is 14.5. The van der Waals surface area contributed by atoms with Crippen molar-refractivity contribution in [2.75, 3.05) is 44.4 Å². The average molecular weight is 763 g/mol. The van der Waals surface area contributed by atoms with E-state index in [1.807, 2.05) is 19.0 Å². The fraction of sp³-hybridized carbons (Fsp3) is 0.300. The Morgan fingerprint density at radius 3 is 2.34 bits per heavy atom. The van der Waals surface area contributed by atoms with Gasteiger partial charge in [-0.3, -0.25) is 19.5 Å². The molecule has 1 saturated heterocycles. The third-order valence-corrected chi connectivity index (χ3v) is 9.24. The van der Waals surface area contributed by atoms with Crippen LogP contribution in [0.1, 0.15) is 33.7 Å². The molecule has 5 N–H and O–H groups in total. The first-order valence-corrected chi connectivity index (χ1v) is 16.7. The van der Waals surface area contributed by atoms with Gasteiger partial charge in [-0.25, -0.2) is 13.2 Å². The molecule has 0 aliphatic carbocycles. The van der Waals surface area contributed by atoms with E-state index in [0.717, 1.165) is 0 Å². The van der Waals surface area contributed by atoms with Gasteiger partial charge in [0.2, 0.25) is 15.9 Å². The first-order chi connectivity index (χ1) is 23.4. The molecular weight excluding hydrogens is 730 g/mol. The number of carboxylic acids is 1. The summed E-state index contributed by atoms with van der Waals surface area (Å²) in [4.78, 5) is 49.0. The second kappa shape index (κ2) is 17.4. The van der Waals surface area contributed by atoms with Crippen molar-refractivity contribution in [3.63, 3.8) is 0 Å². The monoisotopic (exact) mass is 761 g/mol. The molecular formula is C30H32Cl2F3N7O7S. The Morgan fingerprint density at radius 1 is 1.08 bits per heavy atom. The number of amides is 3. The second-order valence-corrected chi connectivity index (χ2v) is 13.6. The normalized spacial score (nSPS) is 15.2. The molecule has 1 aliphatic heterocycles. The summed E-state index contributed by atoms with van der Waals surface area (Å²) in [6.45, 7) is 0.883. The number of aliphatic carboxylic acids is 1. The maximum Gasteiger partial charge on any atom is 0.490 e. The van der Waals surface area contributed by atoms with E-state index in [2.05, 4.69) is 26.1 Å². The minimum atomic E-state index is -5.08. The van der Waals surface area contributed by atoms with Crippen molar-refractivity contribution in [2.24, 2.45) is 0 Å². The Balaban J connectivity index is 0.000000872. The smallest absolute Gasteiger partial charge is 0.475 e. The molecule has 1 fully saturated rings. The number of hydrogen-bond acceptors (Lipinski definition) is 8. The minimum Gasteiger partial charge on any atom is -0.475 e. The van der Waals surface area contributed by atoms with Gasteiger partial charge in [0.1, 0.15) is 5.69 Å². The van der Waals surface area contributed by atoms with Gasteiger partial charge in [0.25, 0.3) is 11.8 Å². The van der Waals surface area contributed by atoms with Gasteiger partial charge in [0, 0.05) is 37.4 Å². The van der Waals surface area contributed by atoms with Gasteiger partial charge in [-0.05, 0) is 57.3 Å². The zero-order chi connectivity index (χ0) is 37.2. The second-order valence-electron chi connectivity index (χ2n) is 10.9. The predicted octanol–water partition coefficient (Wildman–Crippen LogP) is 4.24. The number of aromatic nitrogens is 2. The summed E-state index contributed by atoms with van der Waals surface area (Å²) >= 11 is 12.2. The third-order valence-electron chi connectivity index (χ3n) is 6.75. The number of carboxylic acid groups (broad SMARTS) is 1. The van der Waals surface area contributed by atoms with E-state index in [4.69, 9.17) is 33.1 Å². The molecule has 1 atom stereocenters. The predicted molar refractivity (Wildman–Crippen MR) is 179 cm³/mol. The molecule has 3 amide bonds. The number of rotatable bonds is 10. The molecule has 270 valence electrons. The lowest BCUT2D eigenvalue weighted by molar-refractivity contribution is -0.192. The number of nitrogens with zero attached hydrogens (tertiary/aromatic N) is 3. The van der Waals surface area contributed by atoms with Gasteiger partial charge < -0.3 is 26.0 Å². The van der Waals surface area contributed by atoms with E-state index in [1.165, 1.54) is 40.8 Å². The number of alkyl halides is 3. The Labute approximate surface area is 294 Å². The molecule has 0 bridgehead atoms. The molecule has 0 spiro atoms. The molecule has 20 heteroatoms. The number of H-pyrrole nitrogens is 1. The maximum atomic E-state index is 13.5. The highest BCUT2D eigenvalue weighted by Gasteiger charge is 2.38. The van der Waals surface area contributed by atoms with Gasteiger partial charge in [-0.15, -0.1) is 0 Å². The number of sulfonamides is 1. The Morgan fingerprint density at radius 2 is 1.72 bits per heavy atom. The van der Waals surface area contributed by atoms with Crippen LogP contribution >= 0.6 is 23.2 Å². The van der Waals surface area contributed by atoms with E-state index in [9.17, 15) is 36.0 Å². The van der Waals surface area contributed by atoms with E-state index in [-0.39, 0.29) is 50.9 Å². The molecule has 2 heterocycles. The van der Waals surface area contributed by atoms with Crippen molar-refractivity contribution >= 4 is 68.3 Å². The number of carbonyl (C=O) groups is 4. The van der Waals surface area contributed by atoms with Crippen molar-refractivity contribution in [1.29, 1.82) is 0 Å². The molecule has 0 saturated carbocycles. The van der Waals surface area contributed by atoms with Crippen molar-refractivity contribution in [3.8, 4) is 0 Å². The molecule has 1 aromatic heterocycles. The van der Waals surface area contributed by atoms with Crippen LogP contribution in [0.15, 0.2) is 65.7 Å². The fourth-order valence-electron chi connectivity index (χ4n) is 4.43. The summed E-state index contributed by atoms with van der Waals surface area (Å²) < 4.78 is 60.0. The zero-order valence-electron chi connectivity index (χ0n) is 26.4. The number of nitrogens with one attached hydrogen (secondary N) is 4. The quantitative estimate of drug-likeness (QED) is 0.188. The Hall–Kier alpha value is -4.49. The lowest BCUT2D eigenvalue weighted by atomic mass is 10.1. The van der Waals surface area contributed by atoms with E-state index < -0.39 is 40.0 Å². The first kappa shape index (κ1) is 39.9. The summed E-state index contributed by atoms with van der Waals surface area (Å²) in [5, 5.41) is 22.0. The SMILES string of the molecule is CN(C)C/C=C/C(=O)Nc1cccc(S(=O)(=O)N2CCC[C@@H](NC(=O)c3[nH]ncc3NC(=O)c3c(Cl)cccc3Cl)C2)c1.O=C(O)C(F)(F)F. The highest BCUT2D eigenvalue weighted by molar-refractivity contribution is 7.89. The molecule has 3 aromatic rings. The van der Waals surface area contributed by atoms with Crippen molar-refractivity contribution in [3.05, 3.63) is 82.1 Å². The Kier molecular flexibility index (Phi) is 13.9. The van der Waals surface area contributed by atoms with E-state index in [1.54, 1.807) is 24.3 Å². The van der Waals surface area contributed by atoms with Crippen LogP contribution in [0, 0.1) is 0 Å². The maximum absolute atomic E-state index is 13.5. The summed E-state index contributed by atoms with van der Waals surface area (Å²) in [5.41, 5.74) is 0.485. The fourth-order valence-corrected chi connectivity index (χ4v) is 6.57. The van der Waals surface area contributed by atoms with Crippen LogP contribution in [0.2, 0.25) is 10.0 Å². The van der Waals surface area contributed by atoms with E-state index >= 15 is 0 Å².